The van der Waals surface area contributed by atoms with Crippen LogP contribution in [-0.2, 0) is 13.2 Å². The summed E-state index contributed by atoms with van der Waals surface area (Å²) in [6.07, 6.45) is 0. The van der Waals surface area contributed by atoms with E-state index < -0.39 is 0 Å². The quantitative estimate of drug-likeness (QED) is 0.395. The maximum Gasteiger partial charge on any atom is 0.125 e. The average Bonchev–Trinajstić information content (AvgIpc) is 2.73. The number of benzene rings is 4. The van der Waals surface area contributed by atoms with Crippen molar-refractivity contribution in [2.75, 3.05) is 5.32 Å². The zero-order chi connectivity index (χ0) is 20.2. The van der Waals surface area contributed by atoms with Crippen molar-refractivity contribution in [2.24, 2.45) is 0 Å². The molecule has 0 aliphatic carbocycles. The molecule has 2 nitrogen and oxygen atoms in total. The molecular weight excluding hydrogens is 361 g/mol. The highest BCUT2D eigenvalue weighted by atomic mass is 19.1. The van der Waals surface area contributed by atoms with Gasteiger partial charge in [-0.2, -0.15) is 0 Å². The molecule has 29 heavy (non-hydrogen) atoms. The van der Waals surface area contributed by atoms with E-state index >= 15 is 0 Å². The molecule has 1 N–H and O–H groups in total. The van der Waals surface area contributed by atoms with Crippen LogP contribution in [0.3, 0.4) is 0 Å². The van der Waals surface area contributed by atoms with Crippen LogP contribution in [0.5, 0.6) is 5.75 Å². The molecule has 0 amide bonds. The van der Waals surface area contributed by atoms with E-state index in [4.69, 9.17) is 4.74 Å². The number of ether oxygens (including phenoxy) is 1. The third kappa shape index (κ3) is 4.40. The Bertz CT molecular complexity index is 1150. The van der Waals surface area contributed by atoms with Gasteiger partial charge in [-0.05, 0) is 65.6 Å². The van der Waals surface area contributed by atoms with Gasteiger partial charge in [0.15, 0.2) is 0 Å². The summed E-state index contributed by atoms with van der Waals surface area (Å²) >= 11 is 0. The number of aryl methyl sites for hydroxylation is 2. The number of nitrogens with one attached hydrogen (secondary N) is 1. The molecule has 4 aromatic rings. The molecule has 0 aliphatic heterocycles. The SMILES string of the molecule is Cc1ccc(C)c(NCc2c(OCc3cccc(F)c3)ccc3ccccc23)c1. The Morgan fingerprint density at radius 3 is 2.59 bits per heavy atom. The Labute approximate surface area is 171 Å². The Morgan fingerprint density at radius 1 is 0.862 bits per heavy atom. The first-order valence-electron chi connectivity index (χ1n) is 9.79. The van der Waals surface area contributed by atoms with Gasteiger partial charge in [0.25, 0.3) is 0 Å². The summed E-state index contributed by atoms with van der Waals surface area (Å²) in [7, 11) is 0. The van der Waals surface area contributed by atoms with E-state index in [1.165, 1.54) is 28.6 Å². The Morgan fingerprint density at radius 2 is 1.72 bits per heavy atom. The summed E-state index contributed by atoms with van der Waals surface area (Å²) in [5, 5.41) is 5.89. The van der Waals surface area contributed by atoms with Crippen molar-refractivity contribution in [1.29, 1.82) is 0 Å². The zero-order valence-corrected chi connectivity index (χ0v) is 16.7. The van der Waals surface area contributed by atoms with Gasteiger partial charge in [-0.25, -0.2) is 4.39 Å². The fraction of sp³-hybridized carbons (Fsp3) is 0.154. The number of hydrogen-bond donors (Lipinski definition) is 1. The average molecular weight is 385 g/mol. The van der Waals surface area contributed by atoms with Crippen molar-refractivity contribution >= 4 is 16.5 Å². The third-order valence-electron chi connectivity index (χ3n) is 5.13. The van der Waals surface area contributed by atoms with Gasteiger partial charge in [0.05, 0.1) is 0 Å². The van der Waals surface area contributed by atoms with E-state index in [1.807, 2.05) is 24.3 Å². The van der Waals surface area contributed by atoms with Crippen molar-refractivity contribution in [2.45, 2.75) is 27.0 Å². The first kappa shape index (κ1) is 19.0. The van der Waals surface area contributed by atoms with Gasteiger partial charge in [0.1, 0.15) is 18.2 Å². The third-order valence-corrected chi connectivity index (χ3v) is 5.13. The molecular formula is C26H24FNO. The molecule has 146 valence electrons. The van der Waals surface area contributed by atoms with Gasteiger partial charge < -0.3 is 10.1 Å². The molecule has 0 fully saturated rings. The molecule has 3 heteroatoms. The van der Waals surface area contributed by atoms with E-state index in [9.17, 15) is 4.39 Å². The lowest BCUT2D eigenvalue weighted by Gasteiger charge is -2.17. The molecule has 0 saturated carbocycles. The van der Waals surface area contributed by atoms with Gasteiger partial charge in [0.2, 0.25) is 0 Å². The Balaban J connectivity index is 1.64. The maximum absolute atomic E-state index is 13.5. The highest BCUT2D eigenvalue weighted by molar-refractivity contribution is 5.88. The van der Waals surface area contributed by atoms with Gasteiger partial charge >= 0.3 is 0 Å². The van der Waals surface area contributed by atoms with Crippen LogP contribution in [0.2, 0.25) is 0 Å². The van der Waals surface area contributed by atoms with E-state index in [-0.39, 0.29) is 5.82 Å². The minimum Gasteiger partial charge on any atom is -0.489 e. The van der Waals surface area contributed by atoms with Crippen molar-refractivity contribution in [3.63, 3.8) is 0 Å². The molecule has 0 spiro atoms. The van der Waals surface area contributed by atoms with Crippen molar-refractivity contribution in [1.82, 2.24) is 0 Å². The van der Waals surface area contributed by atoms with Crippen LogP contribution in [-0.4, -0.2) is 0 Å². The summed E-state index contributed by atoms with van der Waals surface area (Å²) in [5.74, 6) is 0.562. The number of anilines is 1. The van der Waals surface area contributed by atoms with E-state index in [0.717, 1.165) is 28.0 Å². The Kier molecular flexibility index (Phi) is 5.48. The minimum absolute atomic E-state index is 0.249. The molecule has 0 unspecified atom stereocenters. The molecule has 0 heterocycles. The number of hydrogen-bond acceptors (Lipinski definition) is 2. The lowest BCUT2D eigenvalue weighted by Crippen LogP contribution is -2.06. The second-order valence-electron chi connectivity index (χ2n) is 7.35. The van der Waals surface area contributed by atoms with E-state index in [0.29, 0.717) is 13.2 Å². The summed E-state index contributed by atoms with van der Waals surface area (Å²) in [5.41, 5.74) is 5.46. The van der Waals surface area contributed by atoms with Crippen LogP contribution in [0, 0.1) is 19.7 Å². The maximum atomic E-state index is 13.5. The molecule has 4 aromatic carbocycles. The van der Waals surface area contributed by atoms with E-state index in [1.54, 1.807) is 6.07 Å². The summed E-state index contributed by atoms with van der Waals surface area (Å²) in [4.78, 5) is 0. The van der Waals surface area contributed by atoms with Crippen molar-refractivity contribution < 1.29 is 9.13 Å². The second kappa shape index (κ2) is 8.36. The van der Waals surface area contributed by atoms with Crippen molar-refractivity contribution in [3.05, 3.63) is 107 Å². The van der Waals surface area contributed by atoms with Gasteiger partial charge in [-0.1, -0.05) is 54.6 Å². The monoisotopic (exact) mass is 385 g/mol. The minimum atomic E-state index is -0.249. The summed E-state index contributed by atoms with van der Waals surface area (Å²) in [6.45, 7) is 5.17. The van der Waals surface area contributed by atoms with Gasteiger partial charge in [-0.3, -0.25) is 0 Å². The lowest BCUT2D eigenvalue weighted by atomic mass is 10.0. The first-order valence-corrected chi connectivity index (χ1v) is 9.79. The summed E-state index contributed by atoms with van der Waals surface area (Å²) in [6, 6.07) is 25.3. The van der Waals surface area contributed by atoms with Crippen LogP contribution >= 0.6 is 0 Å². The molecule has 0 bridgehead atoms. The normalized spacial score (nSPS) is 10.9. The predicted octanol–water partition coefficient (Wildman–Crippen LogP) is 6.79. The molecule has 0 aliphatic rings. The van der Waals surface area contributed by atoms with Crippen LogP contribution < -0.4 is 10.1 Å². The largest absolute Gasteiger partial charge is 0.489 e. The van der Waals surface area contributed by atoms with Crippen LogP contribution in [0.15, 0.2) is 78.9 Å². The van der Waals surface area contributed by atoms with Crippen LogP contribution in [0.25, 0.3) is 10.8 Å². The molecule has 0 atom stereocenters. The lowest BCUT2D eigenvalue weighted by molar-refractivity contribution is 0.303. The zero-order valence-electron chi connectivity index (χ0n) is 16.7. The van der Waals surface area contributed by atoms with Gasteiger partial charge in [0, 0.05) is 17.8 Å². The first-order chi connectivity index (χ1) is 14.1. The van der Waals surface area contributed by atoms with Crippen molar-refractivity contribution in [3.8, 4) is 5.75 Å². The molecule has 0 radical (unpaired) electrons. The topological polar surface area (TPSA) is 21.3 Å². The molecule has 4 rings (SSSR count). The molecule has 0 aromatic heterocycles. The van der Waals surface area contributed by atoms with Crippen LogP contribution in [0.1, 0.15) is 22.3 Å². The standard InChI is InChI=1S/C26H24FNO/c1-18-10-11-19(2)25(14-18)28-16-24-23-9-4-3-7-21(23)12-13-26(24)29-17-20-6-5-8-22(27)15-20/h3-15,28H,16-17H2,1-2H3. The fourth-order valence-corrected chi connectivity index (χ4v) is 3.53. The number of rotatable bonds is 6. The van der Waals surface area contributed by atoms with Gasteiger partial charge in [-0.15, -0.1) is 0 Å². The van der Waals surface area contributed by atoms with Crippen LogP contribution in [0.4, 0.5) is 10.1 Å². The fourth-order valence-electron chi connectivity index (χ4n) is 3.53. The summed E-state index contributed by atoms with van der Waals surface area (Å²) < 4.78 is 19.6. The highest BCUT2D eigenvalue weighted by Crippen LogP contribution is 2.30. The second-order valence-corrected chi connectivity index (χ2v) is 7.35. The van der Waals surface area contributed by atoms with E-state index in [2.05, 4.69) is 55.6 Å². The smallest absolute Gasteiger partial charge is 0.125 e. The Hall–Kier alpha value is -3.33. The molecule has 0 saturated heterocycles. The number of halogens is 1. The highest BCUT2D eigenvalue weighted by Gasteiger charge is 2.10. The number of fused-ring (bicyclic) bond motifs is 1. The predicted molar refractivity (Wildman–Crippen MR) is 118 cm³/mol.